The van der Waals surface area contributed by atoms with Crippen LogP contribution in [0.4, 0.5) is 0 Å². The summed E-state index contributed by atoms with van der Waals surface area (Å²) in [6.07, 6.45) is 0. The van der Waals surface area contributed by atoms with Crippen molar-refractivity contribution in [2.24, 2.45) is 0 Å². The van der Waals surface area contributed by atoms with Crippen LogP contribution in [0.5, 0.6) is 0 Å². The van der Waals surface area contributed by atoms with Crippen LogP contribution in [0.2, 0.25) is 0 Å². The van der Waals surface area contributed by atoms with Gasteiger partial charge in [0.1, 0.15) is 0 Å². The molecule has 0 unspecified atom stereocenters. The first kappa shape index (κ1) is 36.0. The zero-order chi connectivity index (χ0) is 41.0. The van der Waals surface area contributed by atoms with Gasteiger partial charge in [0, 0.05) is 32.9 Å². The predicted octanol–water partition coefficient (Wildman–Crippen LogP) is 13.8. The summed E-state index contributed by atoms with van der Waals surface area (Å²) in [4.78, 5) is 0. The smallest absolute Gasteiger partial charge is 0.399 e. The van der Waals surface area contributed by atoms with E-state index in [1.54, 1.807) is 0 Å². The van der Waals surface area contributed by atoms with Crippen LogP contribution in [0.15, 0.2) is 188 Å². The third kappa shape index (κ3) is 5.41. The number of hydrogen-bond donors (Lipinski definition) is 0. The molecule has 5 heteroatoms. The lowest BCUT2D eigenvalue weighted by Gasteiger charge is -2.32. The Labute approximate surface area is 355 Å². The summed E-state index contributed by atoms with van der Waals surface area (Å²) >= 11 is 0. The molecule has 0 saturated carbocycles. The van der Waals surface area contributed by atoms with Crippen molar-refractivity contribution >= 4 is 77.7 Å². The van der Waals surface area contributed by atoms with E-state index >= 15 is 0 Å². The molecular formula is C56H43BN2O2. The van der Waals surface area contributed by atoms with Gasteiger partial charge in [-0.2, -0.15) is 0 Å². The molecule has 2 aromatic heterocycles. The van der Waals surface area contributed by atoms with Gasteiger partial charge in [-0.05, 0) is 132 Å². The van der Waals surface area contributed by atoms with E-state index in [9.17, 15) is 0 Å². The summed E-state index contributed by atoms with van der Waals surface area (Å²) in [7, 11) is -0.555. The van der Waals surface area contributed by atoms with Crippen LogP contribution >= 0.6 is 0 Å². The van der Waals surface area contributed by atoms with Gasteiger partial charge in [-0.1, -0.05) is 133 Å². The Morgan fingerprint density at radius 3 is 1.15 bits per heavy atom. The second kappa shape index (κ2) is 13.3. The summed E-state index contributed by atoms with van der Waals surface area (Å²) in [6, 6.07) is 68.6. The van der Waals surface area contributed by atoms with Crippen molar-refractivity contribution < 1.29 is 9.31 Å². The van der Waals surface area contributed by atoms with Gasteiger partial charge in [-0.3, -0.25) is 0 Å². The van der Waals surface area contributed by atoms with Crippen molar-refractivity contribution in [2.45, 2.75) is 38.9 Å². The largest absolute Gasteiger partial charge is 0.494 e. The molecule has 0 aliphatic carbocycles. The van der Waals surface area contributed by atoms with Gasteiger partial charge < -0.3 is 18.4 Å². The molecule has 0 amide bonds. The maximum absolute atomic E-state index is 6.85. The van der Waals surface area contributed by atoms with Crippen molar-refractivity contribution in [2.75, 3.05) is 0 Å². The van der Waals surface area contributed by atoms with E-state index in [4.69, 9.17) is 9.31 Å². The van der Waals surface area contributed by atoms with Crippen LogP contribution in [-0.4, -0.2) is 27.5 Å². The SMILES string of the molecule is CC1(C)OB(c2cc(-c3cc4c(c5ccccc35)c3ccccc3n4-c3ccccc3)cc(-c3cc4c(c5ccccc35)c3ccccc3n4-c3ccccc3)c2)OC1(C)C. The van der Waals surface area contributed by atoms with Crippen molar-refractivity contribution in [3.05, 3.63) is 188 Å². The molecule has 3 heterocycles. The van der Waals surface area contributed by atoms with E-state index in [1.807, 2.05) is 0 Å². The van der Waals surface area contributed by atoms with E-state index in [-0.39, 0.29) is 0 Å². The monoisotopic (exact) mass is 786 g/mol. The first-order valence-corrected chi connectivity index (χ1v) is 21.3. The predicted molar refractivity (Wildman–Crippen MR) is 257 cm³/mol. The fourth-order valence-electron chi connectivity index (χ4n) is 9.93. The third-order valence-corrected chi connectivity index (χ3v) is 13.5. The quantitative estimate of drug-likeness (QED) is 0.163. The molecule has 12 rings (SSSR count). The van der Waals surface area contributed by atoms with Gasteiger partial charge in [0.15, 0.2) is 0 Å². The second-order valence-electron chi connectivity index (χ2n) is 17.5. The summed E-state index contributed by atoms with van der Waals surface area (Å²) in [6.45, 7) is 8.52. The molecule has 0 atom stereocenters. The molecule has 9 aromatic carbocycles. The molecule has 0 radical (unpaired) electrons. The summed E-state index contributed by atoms with van der Waals surface area (Å²) < 4.78 is 18.5. The molecule has 1 aliphatic heterocycles. The van der Waals surface area contributed by atoms with E-state index in [2.05, 4.69) is 225 Å². The Balaban J connectivity index is 1.19. The second-order valence-corrected chi connectivity index (χ2v) is 17.5. The molecule has 0 bridgehead atoms. The Hall–Kier alpha value is -6.92. The summed E-state index contributed by atoms with van der Waals surface area (Å²) in [5.41, 5.74) is 11.5. The lowest BCUT2D eigenvalue weighted by molar-refractivity contribution is 0.00578. The Morgan fingerprint density at radius 1 is 0.361 bits per heavy atom. The number of hydrogen-bond acceptors (Lipinski definition) is 2. The van der Waals surface area contributed by atoms with Gasteiger partial charge >= 0.3 is 7.12 Å². The molecule has 4 nitrogen and oxygen atoms in total. The van der Waals surface area contributed by atoms with Crippen molar-refractivity contribution in [1.82, 2.24) is 9.13 Å². The van der Waals surface area contributed by atoms with Gasteiger partial charge in [0.25, 0.3) is 0 Å². The number of rotatable bonds is 5. The van der Waals surface area contributed by atoms with E-state index in [0.717, 1.165) is 39.1 Å². The van der Waals surface area contributed by atoms with Crippen LogP contribution in [0.25, 0.3) is 98.8 Å². The average Bonchev–Trinajstić information content (AvgIpc) is 3.89. The van der Waals surface area contributed by atoms with Crippen molar-refractivity contribution in [3.63, 3.8) is 0 Å². The standard InChI is InChI=1S/C56H43BN2O2/c1-55(2)56(3,4)61-57(60-55)38-32-36(47-34-51-53(43-25-13-11-23-41(43)47)45-27-15-17-29-49(45)58(51)39-19-7-5-8-20-39)31-37(33-38)48-35-52-54(44-26-14-12-24-42(44)48)46-28-16-18-30-50(46)59(52)40-21-9-6-10-22-40/h5-35H,1-4H3. The van der Waals surface area contributed by atoms with Gasteiger partial charge in [-0.25, -0.2) is 0 Å². The normalized spacial score (nSPS) is 15.0. The highest BCUT2D eigenvalue weighted by Crippen LogP contribution is 2.45. The minimum absolute atomic E-state index is 0.502. The number of para-hydroxylation sites is 4. The highest BCUT2D eigenvalue weighted by atomic mass is 16.7. The molecule has 1 saturated heterocycles. The topological polar surface area (TPSA) is 28.3 Å². The van der Waals surface area contributed by atoms with Crippen LogP contribution < -0.4 is 5.46 Å². The Morgan fingerprint density at radius 2 is 0.721 bits per heavy atom. The van der Waals surface area contributed by atoms with E-state index in [0.29, 0.717) is 0 Å². The highest BCUT2D eigenvalue weighted by molar-refractivity contribution is 6.62. The molecule has 1 aliphatic rings. The molecule has 292 valence electrons. The van der Waals surface area contributed by atoms with E-state index in [1.165, 1.54) is 65.2 Å². The average molecular weight is 787 g/mol. The summed E-state index contributed by atoms with van der Waals surface area (Å²) in [5, 5.41) is 9.84. The molecule has 1 fully saturated rings. The Kier molecular flexibility index (Phi) is 7.84. The van der Waals surface area contributed by atoms with Crippen molar-refractivity contribution in [3.8, 4) is 33.6 Å². The fraction of sp³-hybridized carbons (Fsp3) is 0.107. The molecule has 61 heavy (non-hydrogen) atoms. The fourth-order valence-corrected chi connectivity index (χ4v) is 9.93. The van der Waals surface area contributed by atoms with Crippen LogP contribution in [-0.2, 0) is 9.31 Å². The molecule has 0 spiro atoms. The number of aromatic nitrogens is 2. The van der Waals surface area contributed by atoms with Gasteiger partial charge in [0.2, 0.25) is 0 Å². The number of fused-ring (bicyclic) bond motifs is 10. The van der Waals surface area contributed by atoms with Crippen LogP contribution in [0.1, 0.15) is 27.7 Å². The first-order chi connectivity index (χ1) is 29.8. The highest BCUT2D eigenvalue weighted by Gasteiger charge is 2.52. The Bertz CT molecular complexity index is 3310. The lowest BCUT2D eigenvalue weighted by Crippen LogP contribution is -2.41. The zero-order valence-corrected chi connectivity index (χ0v) is 34.7. The van der Waals surface area contributed by atoms with E-state index < -0.39 is 18.3 Å². The lowest BCUT2D eigenvalue weighted by atomic mass is 9.75. The summed E-state index contributed by atoms with van der Waals surface area (Å²) in [5.74, 6) is 0. The molecular weight excluding hydrogens is 743 g/mol. The minimum Gasteiger partial charge on any atom is -0.399 e. The number of nitrogens with zero attached hydrogens (tertiary/aromatic N) is 2. The maximum atomic E-state index is 6.85. The molecule has 0 N–H and O–H groups in total. The van der Waals surface area contributed by atoms with Gasteiger partial charge in [0.05, 0.1) is 33.3 Å². The van der Waals surface area contributed by atoms with Crippen LogP contribution in [0.3, 0.4) is 0 Å². The zero-order valence-electron chi connectivity index (χ0n) is 34.7. The molecule has 11 aromatic rings. The third-order valence-electron chi connectivity index (χ3n) is 13.5. The van der Waals surface area contributed by atoms with Gasteiger partial charge in [-0.15, -0.1) is 0 Å². The number of benzene rings is 9. The van der Waals surface area contributed by atoms with Crippen molar-refractivity contribution in [1.29, 1.82) is 0 Å². The van der Waals surface area contributed by atoms with Crippen LogP contribution in [0, 0.1) is 0 Å². The first-order valence-electron chi connectivity index (χ1n) is 21.3. The minimum atomic E-state index is -0.555. The maximum Gasteiger partial charge on any atom is 0.494 e.